The third-order valence-electron chi connectivity index (χ3n) is 2.76. The number of hydrogen-bond donors (Lipinski definition) is 1. The zero-order valence-electron chi connectivity index (χ0n) is 10.6. The fourth-order valence-electron chi connectivity index (χ4n) is 1.76. The lowest BCUT2D eigenvalue weighted by molar-refractivity contribution is 0.303. The number of nitrogens with two attached hydrogens (primary N) is 1. The van der Waals surface area contributed by atoms with Crippen LogP contribution in [0.5, 0.6) is 5.75 Å². The van der Waals surface area contributed by atoms with Crippen LogP contribution in [0.1, 0.15) is 24.1 Å². The molecule has 0 heterocycles. The SMILES string of the molecule is C[C@@H](N)c1ccc(OCc2cccc(F)c2)cc1F. The van der Waals surface area contributed by atoms with Crippen LogP contribution in [0.15, 0.2) is 42.5 Å². The van der Waals surface area contributed by atoms with E-state index in [4.69, 9.17) is 10.5 Å². The van der Waals surface area contributed by atoms with Gasteiger partial charge in [0.1, 0.15) is 24.0 Å². The molecule has 2 rings (SSSR count). The van der Waals surface area contributed by atoms with Crippen molar-refractivity contribution in [1.82, 2.24) is 0 Å². The lowest BCUT2D eigenvalue weighted by Gasteiger charge is -2.10. The maximum Gasteiger partial charge on any atom is 0.131 e. The first-order valence-corrected chi connectivity index (χ1v) is 5.98. The number of benzene rings is 2. The van der Waals surface area contributed by atoms with Gasteiger partial charge in [0.05, 0.1) is 0 Å². The predicted octanol–water partition coefficient (Wildman–Crippen LogP) is 3.56. The number of rotatable bonds is 4. The molecule has 0 spiro atoms. The molecule has 2 nitrogen and oxygen atoms in total. The molecule has 100 valence electrons. The van der Waals surface area contributed by atoms with Gasteiger partial charge >= 0.3 is 0 Å². The summed E-state index contributed by atoms with van der Waals surface area (Å²) in [4.78, 5) is 0. The molecule has 4 heteroatoms. The molecule has 2 N–H and O–H groups in total. The molecule has 0 aromatic heterocycles. The van der Waals surface area contributed by atoms with E-state index in [0.29, 0.717) is 16.9 Å². The lowest BCUT2D eigenvalue weighted by atomic mass is 10.1. The second kappa shape index (κ2) is 5.80. The van der Waals surface area contributed by atoms with Crippen molar-refractivity contribution in [3.8, 4) is 5.75 Å². The lowest BCUT2D eigenvalue weighted by Crippen LogP contribution is -2.07. The molecule has 0 aliphatic heterocycles. The third-order valence-corrected chi connectivity index (χ3v) is 2.76. The summed E-state index contributed by atoms with van der Waals surface area (Å²) in [5.74, 6) is -0.322. The summed E-state index contributed by atoms with van der Waals surface area (Å²) in [6.07, 6.45) is 0. The van der Waals surface area contributed by atoms with Crippen molar-refractivity contribution in [2.24, 2.45) is 5.73 Å². The van der Waals surface area contributed by atoms with Gasteiger partial charge in [-0.1, -0.05) is 18.2 Å². The average Bonchev–Trinajstić information content (AvgIpc) is 2.36. The van der Waals surface area contributed by atoms with E-state index in [1.165, 1.54) is 18.2 Å². The fourth-order valence-corrected chi connectivity index (χ4v) is 1.76. The van der Waals surface area contributed by atoms with Crippen LogP contribution in [0, 0.1) is 11.6 Å². The predicted molar refractivity (Wildman–Crippen MR) is 69.7 cm³/mol. The largest absolute Gasteiger partial charge is 0.489 e. The minimum absolute atomic E-state index is 0.189. The first-order chi connectivity index (χ1) is 9.06. The molecule has 0 fully saturated rings. The molecule has 1 atom stereocenters. The van der Waals surface area contributed by atoms with Gasteiger partial charge in [-0.2, -0.15) is 0 Å². The highest BCUT2D eigenvalue weighted by atomic mass is 19.1. The Kier molecular flexibility index (Phi) is 4.12. The van der Waals surface area contributed by atoms with Crippen LogP contribution in [0.2, 0.25) is 0 Å². The van der Waals surface area contributed by atoms with Gasteiger partial charge in [0.2, 0.25) is 0 Å². The summed E-state index contributed by atoms with van der Waals surface area (Å²) in [6.45, 7) is 1.90. The van der Waals surface area contributed by atoms with Crippen molar-refractivity contribution in [2.45, 2.75) is 19.6 Å². The fraction of sp³-hybridized carbons (Fsp3) is 0.200. The average molecular weight is 263 g/mol. The molecule has 0 unspecified atom stereocenters. The van der Waals surface area contributed by atoms with Crippen molar-refractivity contribution in [1.29, 1.82) is 0 Å². The van der Waals surface area contributed by atoms with Crippen molar-refractivity contribution in [2.75, 3.05) is 0 Å². The highest BCUT2D eigenvalue weighted by Gasteiger charge is 2.08. The Morgan fingerprint density at radius 2 is 1.95 bits per heavy atom. The maximum absolute atomic E-state index is 13.7. The Morgan fingerprint density at radius 1 is 1.16 bits per heavy atom. The molecule has 0 aliphatic carbocycles. The number of ether oxygens (including phenoxy) is 1. The number of halogens is 2. The van der Waals surface area contributed by atoms with E-state index in [-0.39, 0.29) is 18.5 Å². The van der Waals surface area contributed by atoms with Gasteiger partial charge in [-0.25, -0.2) is 8.78 Å². The summed E-state index contributed by atoms with van der Waals surface area (Å²) < 4.78 is 32.1. The van der Waals surface area contributed by atoms with Crippen molar-refractivity contribution in [3.63, 3.8) is 0 Å². The Balaban J connectivity index is 2.06. The maximum atomic E-state index is 13.7. The van der Waals surface area contributed by atoms with Gasteiger partial charge in [-0.05, 0) is 30.7 Å². The van der Waals surface area contributed by atoms with Gasteiger partial charge in [0.25, 0.3) is 0 Å². The van der Waals surface area contributed by atoms with Crippen LogP contribution < -0.4 is 10.5 Å². The summed E-state index contributed by atoms with van der Waals surface area (Å²) in [6, 6.07) is 10.3. The summed E-state index contributed by atoms with van der Waals surface area (Å²) in [7, 11) is 0. The van der Waals surface area contributed by atoms with Crippen LogP contribution >= 0.6 is 0 Å². The first kappa shape index (κ1) is 13.5. The van der Waals surface area contributed by atoms with Crippen molar-refractivity contribution >= 4 is 0 Å². The van der Waals surface area contributed by atoms with E-state index in [1.807, 2.05) is 0 Å². The standard InChI is InChI=1S/C15H15F2NO/c1-10(18)14-6-5-13(8-15(14)17)19-9-11-3-2-4-12(16)7-11/h2-8,10H,9,18H2,1H3/t10-/m1/s1. The van der Waals surface area contributed by atoms with E-state index >= 15 is 0 Å². The van der Waals surface area contributed by atoms with Crippen LogP contribution in [0.25, 0.3) is 0 Å². The van der Waals surface area contributed by atoms with E-state index < -0.39 is 5.82 Å². The quantitative estimate of drug-likeness (QED) is 0.915. The highest BCUT2D eigenvalue weighted by molar-refractivity contribution is 5.30. The zero-order valence-corrected chi connectivity index (χ0v) is 10.6. The van der Waals surface area contributed by atoms with Crippen LogP contribution in [0.4, 0.5) is 8.78 Å². The Hall–Kier alpha value is -1.94. The first-order valence-electron chi connectivity index (χ1n) is 5.98. The molecule has 2 aromatic carbocycles. The normalized spacial score (nSPS) is 12.2. The van der Waals surface area contributed by atoms with Crippen LogP contribution in [-0.4, -0.2) is 0 Å². The summed E-state index contributed by atoms with van der Waals surface area (Å²) in [5, 5.41) is 0. The van der Waals surface area contributed by atoms with E-state index in [0.717, 1.165) is 0 Å². The molecule has 0 bridgehead atoms. The van der Waals surface area contributed by atoms with Gasteiger partial charge in [0.15, 0.2) is 0 Å². The van der Waals surface area contributed by atoms with Gasteiger partial charge in [-0.3, -0.25) is 0 Å². The Morgan fingerprint density at radius 3 is 2.58 bits per heavy atom. The van der Waals surface area contributed by atoms with Gasteiger partial charge < -0.3 is 10.5 Å². The minimum atomic E-state index is -0.397. The van der Waals surface area contributed by atoms with Gasteiger partial charge in [0, 0.05) is 17.7 Å². The molecule has 2 aromatic rings. The smallest absolute Gasteiger partial charge is 0.131 e. The Bertz CT molecular complexity index is 570. The van der Waals surface area contributed by atoms with Crippen LogP contribution in [0.3, 0.4) is 0 Å². The van der Waals surface area contributed by atoms with E-state index in [9.17, 15) is 8.78 Å². The molecule has 0 aliphatic rings. The van der Waals surface area contributed by atoms with Crippen LogP contribution in [-0.2, 0) is 6.61 Å². The molecule has 19 heavy (non-hydrogen) atoms. The third kappa shape index (κ3) is 3.51. The summed E-state index contributed by atoms with van der Waals surface area (Å²) >= 11 is 0. The molecular weight excluding hydrogens is 248 g/mol. The monoisotopic (exact) mass is 263 g/mol. The number of hydrogen-bond acceptors (Lipinski definition) is 2. The second-order valence-corrected chi connectivity index (χ2v) is 4.39. The summed E-state index contributed by atoms with van der Waals surface area (Å²) in [5.41, 5.74) is 6.76. The molecule has 0 radical (unpaired) electrons. The molecule has 0 saturated heterocycles. The topological polar surface area (TPSA) is 35.2 Å². The molecule has 0 amide bonds. The van der Waals surface area contributed by atoms with Gasteiger partial charge in [-0.15, -0.1) is 0 Å². The molecular formula is C15H15F2NO. The van der Waals surface area contributed by atoms with Crippen molar-refractivity contribution < 1.29 is 13.5 Å². The van der Waals surface area contributed by atoms with Crippen molar-refractivity contribution in [3.05, 3.63) is 65.2 Å². The van der Waals surface area contributed by atoms with E-state index in [2.05, 4.69) is 0 Å². The molecule has 0 saturated carbocycles. The Labute approximate surface area is 110 Å². The zero-order chi connectivity index (χ0) is 13.8. The minimum Gasteiger partial charge on any atom is -0.489 e. The van der Waals surface area contributed by atoms with E-state index in [1.54, 1.807) is 31.2 Å². The highest BCUT2D eigenvalue weighted by Crippen LogP contribution is 2.21. The second-order valence-electron chi connectivity index (χ2n) is 4.39.